The molecule has 6 nitrogen and oxygen atoms in total. The van der Waals surface area contributed by atoms with E-state index < -0.39 is 12.1 Å². The number of carboxylic acids is 1. The van der Waals surface area contributed by atoms with Crippen molar-refractivity contribution in [1.82, 2.24) is 15.2 Å². The van der Waals surface area contributed by atoms with E-state index in [0.717, 1.165) is 26.2 Å². The van der Waals surface area contributed by atoms with Gasteiger partial charge in [0.15, 0.2) is 5.01 Å². The summed E-state index contributed by atoms with van der Waals surface area (Å²) in [7, 11) is 0. The van der Waals surface area contributed by atoms with Crippen molar-refractivity contribution < 1.29 is 27.9 Å². The summed E-state index contributed by atoms with van der Waals surface area (Å²) < 4.78 is 31.7. The highest BCUT2D eigenvalue weighted by Crippen LogP contribution is 2.13. The molecule has 2 heterocycles. The van der Waals surface area contributed by atoms with E-state index in [9.17, 15) is 18.0 Å². The first kappa shape index (κ1) is 16.4. The summed E-state index contributed by atoms with van der Waals surface area (Å²) >= 11 is 1.40. The van der Waals surface area contributed by atoms with E-state index in [4.69, 9.17) is 9.90 Å². The molecule has 0 unspecified atom stereocenters. The second-order valence-electron chi connectivity index (χ2n) is 3.68. The quantitative estimate of drug-likeness (QED) is 0.802. The average molecular weight is 311 g/mol. The number of piperazine rings is 1. The number of amides is 1. The normalized spacial score (nSPS) is 15.2. The van der Waals surface area contributed by atoms with Gasteiger partial charge in [-0.05, 0) is 0 Å². The number of nitrogens with zero attached hydrogens (tertiary/aromatic N) is 2. The van der Waals surface area contributed by atoms with Crippen LogP contribution in [0.5, 0.6) is 0 Å². The second-order valence-corrected chi connectivity index (χ2v) is 4.58. The van der Waals surface area contributed by atoms with Gasteiger partial charge in [0.1, 0.15) is 0 Å². The van der Waals surface area contributed by atoms with Gasteiger partial charge in [-0.1, -0.05) is 0 Å². The highest BCUT2D eigenvalue weighted by atomic mass is 32.1. The van der Waals surface area contributed by atoms with Crippen molar-refractivity contribution in [2.75, 3.05) is 26.2 Å². The minimum Gasteiger partial charge on any atom is -0.475 e. The summed E-state index contributed by atoms with van der Waals surface area (Å²) in [4.78, 5) is 26.4. The lowest BCUT2D eigenvalue weighted by atomic mass is 10.3. The van der Waals surface area contributed by atoms with Gasteiger partial charge in [-0.2, -0.15) is 13.2 Å². The maximum atomic E-state index is 11.7. The number of carbonyl (C=O) groups is 2. The molecule has 0 atom stereocenters. The predicted octanol–water partition coefficient (Wildman–Crippen LogP) is 0.822. The minimum absolute atomic E-state index is 0.0662. The molecule has 0 bridgehead atoms. The Morgan fingerprint density at radius 1 is 1.35 bits per heavy atom. The molecule has 0 spiro atoms. The highest BCUT2D eigenvalue weighted by molar-refractivity contribution is 7.11. The zero-order valence-electron chi connectivity index (χ0n) is 10.2. The summed E-state index contributed by atoms with van der Waals surface area (Å²) in [6.45, 7) is 3.35. The zero-order valence-corrected chi connectivity index (χ0v) is 11.0. The topological polar surface area (TPSA) is 82.5 Å². The Bertz CT molecular complexity index is 444. The van der Waals surface area contributed by atoms with Crippen molar-refractivity contribution in [3.05, 3.63) is 16.6 Å². The van der Waals surface area contributed by atoms with Crippen LogP contribution in [-0.4, -0.2) is 59.2 Å². The molecule has 0 radical (unpaired) electrons. The Kier molecular flexibility index (Phi) is 5.89. The molecule has 1 fully saturated rings. The fraction of sp³-hybridized carbons (Fsp3) is 0.500. The van der Waals surface area contributed by atoms with Gasteiger partial charge in [0, 0.05) is 37.8 Å². The number of hydrogen-bond acceptors (Lipinski definition) is 5. The molecular formula is C10H12F3N3O3S. The maximum Gasteiger partial charge on any atom is 0.490 e. The van der Waals surface area contributed by atoms with Crippen molar-refractivity contribution in [3.8, 4) is 0 Å². The first-order valence-electron chi connectivity index (χ1n) is 5.52. The highest BCUT2D eigenvalue weighted by Gasteiger charge is 2.38. The van der Waals surface area contributed by atoms with Crippen LogP contribution in [0.1, 0.15) is 9.80 Å². The molecule has 1 aromatic rings. The van der Waals surface area contributed by atoms with E-state index in [1.54, 1.807) is 6.20 Å². The maximum absolute atomic E-state index is 11.7. The van der Waals surface area contributed by atoms with Crippen LogP contribution < -0.4 is 5.32 Å². The second kappa shape index (κ2) is 7.20. The number of thiazole rings is 1. The van der Waals surface area contributed by atoms with Crippen LogP contribution in [0.2, 0.25) is 0 Å². The molecule has 2 N–H and O–H groups in total. The van der Waals surface area contributed by atoms with Crippen LogP contribution in [-0.2, 0) is 4.79 Å². The van der Waals surface area contributed by atoms with E-state index in [1.807, 2.05) is 10.3 Å². The number of rotatable bonds is 1. The number of alkyl halides is 3. The third kappa shape index (κ3) is 5.13. The molecule has 2 rings (SSSR count). The van der Waals surface area contributed by atoms with Crippen molar-refractivity contribution in [2.45, 2.75) is 6.18 Å². The predicted molar refractivity (Wildman–Crippen MR) is 64.6 cm³/mol. The summed E-state index contributed by atoms with van der Waals surface area (Å²) in [6, 6.07) is 0. The third-order valence-electron chi connectivity index (χ3n) is 2.26. The zero-order chi connectivity index (χ0) is 15.2. The standard InChI is InChI=1S/C8H11N3OS.C2HF3O2/c12-8(7-10-3-6-13-7)11-4-1-9-2-5-11;3-2(4,5)1(6)7/h3,6,9H,1-2,4-5H2;(H,6,7). The summed E-state index contributed by atoms with van der Waals surface area (Å²) in [5, 5.41) is 12.8. The third-order valence-corrected chi connectivity index (χ3v) is 3.02. The van der Waals surface area contributed by atoms with Crippen molar-refractivity contribution in [2.24, 2.45) is 0 Å². The lowest BCUT2D eigenvalue weighted by Crippen LogP contribution is -2.46. The SMILES string of the molecule is O=C(O)C(F)(F)F.O=C(c1nccs1)N1CCNCC1. The molecule has 1 amide bonds. The molecule has 0 aliphatic carbocycles. The van der Waals surface area contributed by atoms with Gasteiger partial charge in [0.2, 0.25) is 0 Å². The smallest absolute Gasteiger partial charge is 0.475 e. The van der Waals surface area contributed by atoms with Crippen molar-refractivity contribution in [1.29, 1.82) is 0 Å². The molecule has 112 valence electrons. The number of carboxylic acid groups (broad SMARTS) is 1. The number of aliphatic carboxylic acids is 1. The van der Waals surface area contributed by atoms with Crippen LogP contribution in [0.15, 0.2) is 11.6 Å². The Labute approximate surface area is 116 Å². The van der Waals surface area contributed by atoms with Gasteiger partial charge in [-0.15, -0.1) is 11.3 Å². The van der Waals surface area contributed by atoms with Gasteiger partial charge >= 0.3 is 12.1 Å². The molecule has 20 heavy (non-hydrogen) atoms. The largest absolute Gasteiger partial charge is 0.490 e. The molecule has 1 aliphatic heterocycles. The Hall–Kier alpha value is -1.68. The van der Waals surface area contributed by atoms with Crippen molar-refractivity contribution >= 4 is 23.2 Å². The van der Waals surface area contributed by atoms with E-state index in [2.05, 4.69) is 10.3 Å². The summed E-state index contributed by atoms with van der Waals surface area (Å²) in [5.74, 6) is -2.69. The monoisotopic (exact) mass is 311 g/mol. The minimum atomic E-state index is -5.08. The van der Waals surface area contributed by atoms with Crippen molar-refractivity contribution in [3.63, 3.8) is 0 Å². The molecule has 0 aromatic carbocycles. The summed E-state index contributed by atoms with van der Waals surface area (Å²) in [6.07, 6.45) is -3.42. The van der Waals surface area contributed by atoms with Crippen LogP contribution in [0.4, 0.5) is 13.2 Å². The molecule has 1 aromatic heterocycles. The van der Waals surface area contributed by atoms with Crippen LogP contribution in [0.25, 0.3) is 0 Å². The van der Waals surface area contributed by atoms with E-state index in [-0.39, 0.29) is 5.91 Å². The van der Waals surface area contributed by atoms with Crippen LogP contribution in [0.3, 0.4) is 0 Å². The summed E-state index contributed by atoms with van der Waals surface area (Å²) in [5.41, 5.74) is 0. The number of hydrogen-bond donors (Lipinski definition) is 2. The molecule has 1 saturated heterocycles. The van der Waals surface area contributed by atoms with E-state index in [0.29, 0.717) is 5.01 Å². The molecule has 1 aliphatic rings. The average Bonchev–Trinajstić information content (AvgIpc) is 2.92. The fourth-order valence-corrected chi connectivity index (χ4v) is 1.93. The number of halogens is 3. The number of aromatic nitrogens is 1. The van der Waals surface area contributed by atoms with Crippen LogP contribution in [0, 0.1) is 0 Å². The van der Waals surface area contributed by atoms with E-state index >= 15 is 0 Å². The fourth-order valence-electron chi connectivity index (χ4n) is 1.33. The van der Waals surface area contributed by atoms with Crippen LogP contribution >= 0.6 is 11.3 Å². The van der Waals surface area contributed by atoms with Gasteiger partial charge in [-0.3, -0.25) is 4.79 Å². The lowest BCUT2D eigenvalue weighted by Gasteiger charge is -2.26. The first-order chi connectivity index (χ1) is 9.32. The van der Waals surface area contributed by atoms with Gasteiger partial charge in [-0.25, -0.2) is 9.78 Å². The lowest BCUT2D eigenvalue weighted by molar-refractivity contribution is -0.192. The van der Waals surface area contributed by atoms with E-state index in [1.165, 1.54) is 11.3 Å². The molecule has 0 saturated carbocycles. The number of nitrogens with one attached hydrogen (secondary N) is 1. The molecule has 10 heteroatoms. The number of carbonyl (C=O) groups excluding carboxylic acids is 1. The molecular weight excluding hydrogens is 299 g/mol. The van der Waals surface area contributed by atoms with Gasteiger partial charge in [0.05, 0.1) is 0 Å². The Morgan fingerprint density at radius 3 is 2.30 bits per heavy atom. The first-order valence-corrected chi connectivity index (χ1v) is 6.40. The Morgan fingerprint density at radius 2 is 1.90 bits per heavy atom. The van der Waals surface area contributed by atoms with Gasteiger partial charge in [0.25, 0.3) is 5.91 Å². The van der Waals surface area contributed by atoms with Gasteiger partial charge < -0.3 is 15.3 Å². The Balaban J connectivity index is 0.000000246.